The lowest BCUT2D eigenvalue weighted by Gasteiger charge is -2.21. The molecule has 0 unspecified atom stereocenters. The van der Waals surface area contributed by atoms with E-state index in [9.17, 15) is 0 Å². The zero-order valence-corrected chi connectivity index (χ0v) is 11.8. The predicted octanol–water partition coefficient (Wildman–Crippen LogP) is 3.38. The second-order valence-corrected chi connectivity index (χ2v) is 5.52. The van der Waals surface area contributed by atoms with E-state index in [4.69, 9.17) is 5.73 Å². The fourth-order valence-electron chi connectivity index (χ4n) is 3.22. The van der Waals surface area contributed by atoms with Crippen LogP contribution in [0, 0.1) is 0 Å². The molecule has 0 bridgehead atoms. The van der Waals surface area contributed by atoms with Gasteiger partial charge in [-0.3, -0.25) is 4.98 Å². The quantitative estimate of drug-likeness (QED) is 0.729. The molecule has 21 heavy (non-hydrogen) atoms. The largest absolute Gasteiger partial charge is 0.397 e. The third-order valence-corrected chi connectivity index (χ3v) is 4.20. The number of benzene rings is 2. The molecule has 2 heterocycles. The molecule has 0 atom stereocenters. The molecular formula is C18H17N3. The van der Waals surface area contributed by atoms with E-state index in [1.54, 1.807) is 0 Å². The highest BCUT2D eigenvalue weighted by atomic mass is 15.2. The van der Waals surface area contributed by atoms with Gasteiger partial charge in [0.2, 0.25) is 0 Å². The maximum Gasteiger partial charge on any atom is 0.0751 e. The first-order chi connectivity index (χ1) is 10.3. The van der Waals surface area contributed by atoms with Gasteiger partial charge in [-0.1, -0.05) is 36.4 Å². The van der Waals surface area contributed by atoms with Crippen molar-refractivity contribution in [1.82, 2.24) is 4.98 Å². The third kappa shape index (κ3) is 2.02. The van der Waals surface area contributed by atoms with Gasteiger partial charge in [-0.15, -0.1) is 0 Å². The van der Waals surface area contributed by atoms with Crippen molar-refractivity contribution < 1.29 is 0 Å². The monoisotopic (exact) mass is 275 g/mol. The smallest absolute Gasteiger partial charge is 0.0751 e. The Morgan fingerprint density at radius 1 is 1.05 bits per heavy atom. The summed E-state index contributed by atoms with van der Waals surface area (Å²) in [6, 6.07) is 16.7. The zero-order chi connectivity index (χ0) is 14.2. The van der Waals surface area contributed by atoms with Crippen LogP contribution in [0.5, 0.6) is 0 Å². The van der Waals surface area contributed by atoms with Crippen LogP contribution in [0.25, 0.3) is 10.9 Å². The highest BCUT2D eigenvalue weighted by molar-refractivity contribution is 5.82. The van der Waals surface area contributed by atoms with E-state index in [-0.39, 0.29) is 0 Å². The second-order valence-electron chi connectivity index (χ2n) is 5.52. The van der Waals surface area contributed by atoms with Gasteiger partial charge in [-0.25, -0.2) is 0 Å². The first-order valence-corrected chi connectivity index (χ1v) is 7.28. The molecule has 0 saturated carbocycles. The molecule has 1 aromatic heterocycles. The topological polar surface area (TPSA) is 42.1 Å². The van der Waals surface area contributed by atoms with E-state index < -0.39 is 0 Å². The molecule has 1 aliphatic rings. The van der Waals surface area contributed by atoms with Crippen LogP contribution < -0.4 is 10.6 Å². The molecule has 2 aromatic carbocycles. The summed E-state index contributed by atoms with van der Waals surface area (Å²) < 4.78 is 0. The lowest BCUT2D eigenvalue weighted by molar-refractivity contribution is 0.839. The highest BCUT2D eigenvalue weighted by Crippen LogP contribution is 2.35. The Bertz CT molecular complexity index is 805. The molecule has 4 rings (SSSR count). The Morgan fingerprint density at radius 3 is 2.86 bits per heavy atom. The van der Waals surface area contributed by atoms with Crippen LogP contribution in [0.1, 0.15) is 11.1 Å². The van der Waals surface area contributed by atoms with E-state index >= 15 is 0 Å². The SMILES string of the molecule is Nc1cccc2c1N(Cc1cccc3cccnc13)CC2. The van der Waals surface area contributed by atoms with Crippen LogP contribution in [0.2, 0.25) is 0 Å². The molecule has 104 valence electrons. The number of hydrogen-bond acceptors (Lipinski definition) is 3. The Balaban J connectivity index is 1.75. The summed E-state index contributed by atoms with van der Waals surface area (Å²) in [6.07, 6.45) is 2.93. The number of fused-ring (bicyclic) bond motifs is 2. The van der Waals surface area contributed by atoms with Crippen molar-refractivity contribution in [2.24, 2.45) is 0 Å². The van der Waals surface area contributed by atoms with E-state index in [0.717, 1.165) is 30.7 Å². The predicted molar refractivity (Wildman–Crippen MR) is 87.4 cm³/mol. The fraction of sp³-hybridized carbons (Fsp3) is 0.167. The maximum atomic E-state index is 6.17. The standard InChI is InChI=1S/C18H17N3/c19-16-8-2-5-14-9-11-21(18(14)16)12-15-6-1-4-13-7-3-10-20-17(13)15/h1-8,10H,9,11-12,19H2. The highest BCUT2D eigenvalue weighted by Gasteiger charge is 2.21. The fourth-order valence-corrected chi connectivity index (χ4v) is 3.22. The molecule has 0 radical (unpaired) electrons. The van der Waals surface area contributed by atoms with Crippen molar-refractivity contribution in [3.63, 3.8) is 0 Å². The van der Waals surface area contributed by atoms with Crippen molar-refractivity contribution in [3.8, 4) is 0 Å². The molecule has 3 heteroatoms. The normalized spacial score (nSPS) is 13.6. The molecule has 3 aromatic rings. The number of rotatable bonds is 2. The molecule has 0 fully saturated rings. The molecule has 0 saturated heterocycles. The number of pyridine rings is 1. The molecule has 3 nitrogen and oxygen atoms in total. The summed E-state index contributed by atoms with van der Waals surface area (Å²) in [7, 11) is 0. The van der Waals surface area contributed by atoms with Gasteiger partial charge in [-0.05, 0) is 29.7 Å². The summed E-state index contributed by atoms with van der Waals surface area (Å²) in [5.74, 6) is 0. The van der Waals surface area contributed by atoms with E-state index in [1.165, 1.54) is 22.2 Å². The molecule has 0 amide bonds. The lowest BCUT2D eigenvalue weighted by atomic mass is 10.1. The van der Waals surface area contributed by atoms with Gasteiger partial charge >= 0.3 is 0 Å². The minimum absolute atomic E-state index is 0.857. The van der Waals surface area contributed by atoms with Crippen LogP contribution >= 0.6 is 0 Å². The molecule has 0 aliphatic carbocycles. The maximum absolute atomic E-state index is 6.17. The number of anilines is 2. The van der Waals surface area contributed by atoms with Gasteiger partial charge in [0.25, 0.3) is 0 Å². The number of hydrogen-bond donors (Lipinski definition) is 1. The molecular weight excluding hydrogens is 258 g/mol. The Hall–Kier alpha value is -2.55. The van der Waals surface area contributed by atoms with E-state index in [2.05, 4.69) is 40.2 Å². The summed E-state index contributed by atoms with van der Waals surface area (Å²) >= 11 is 0. The summed E-state index contributed by atoms with van der Waals surface area (Å²) in [5.41, 5.74) is 11.9. The van der Waals surface area contributed by atoms with Gasteiger partial charge in [-0.2, -0.15) is 0 Å². The van der Waals surface area contributed by atoms with Crippen LogP contribution in [0.15, 0.2) is 54.7 Å². The van der Waals surface area contributed by atoms with Crippen molar-refractivity contribution in [1.29, 1.82) is 0 Å². The average Bonchev–Trinajstić information content (AvgIpc) is 2.92. The van der Waals surface area contributed by atoms with Crippen LogP contribution in [0.4, 0.5) is 11.4 Å². The number of nitrogens with zero attached hydrogens (tertiary/aromatic N) is 2. The second kappa shape index (κ2) is 4.77. The van der Waals surface area contributed by atoms with Crippen molar-refractivity contribution in [3.05, 3.63) is 65.9 Å². The van der Waals surface area contributed by atoms with Crippen molar-refractivity contribution >= 4 is 22.3 Å². The molecule has 0 spiro atoms. The van der Waals surface area contributed by atoms with Gasteiger partial charge in [0, 0.05) is 24.7 Å². The summed E-state index contributed by atoms with van der Waals surface area (Å²) in [5, 5.41) is 1.19. The van der Waals surface area contributed by atoms with Crippen LogP contribution in [-0.4, -0.2) is 11.5 Å². The number of nitrogens with two attached hydrogens (primary N) is 1. The molecule has 1 aliphatic heterocycles. The van der Waals surface area contributed by atoms with Crippen LogP contribution in [-0.2, 0) is 13.0 Å². The number of para-hydroxylation sites is 2. The number of aromatic nitrogens is 1. The number of nitrogen functional groups attached to an aromatic ring is 1. The third-order valence-electron chi connectivity index (χ3n) is 4.20. The Kier molecular flexibility index (Phi) is 2.78. The lowest BCUT2D eigenvalue weighted by Crippen LogP contribution is -2.20. The first-order valence-electron chi connectivity index (χ1n) is 7.28. The Morgan fingerprint density at radius 2 is 1.90 bits per heavy atom. The van der Waals surface area contributed by atoms with Gasteiger partial charge in [0.05, 0.1) is 16.9 Å². The molecule has 2 N–H and O–H groups in total. The van der Waals surface area contributed by atoms with Gasteiger partial charge in [0.15, 0.2) is 0 Å². The van der Waals surface area contributed by atoms with Crippen LogP contribution in [0.3, 0.4) is 0 Å². The van der Waals surface area contributed by atoms with Crippen molar-refractivity contribution in [2.45, 2.75) is 13.0 Å². The van der Waals surface area contributed by atoms with Gasteiger partial charge < -0.3 is 10.6 Å². The summed E-state index contributed by atoms with van der Waals surface area (Å²) in [6.45, 7) is 1.88. The van der Waals surface area contributed by atoms with Crippen molar-refractivity contribution in [2.75, 3.05) is 17.2 Å². The first kappa shape index (κ1) is 12.2. The van der Waals surface area contributed by atoms with Gasteiger partial charge in [0.1, 0.15) is 0 Å². The Labute approximate surface area is 124 Å². The van der Waals surface area contributed by atoms with E-state index in [0.29, 0.717) is 0 Å². The minimum Gasteiger partial charge on any atom is -0.397 e. The minimum atomic E-state index is 0.857. The summed E-state index contributed by atoms with van der Waals surface area (Å²) in [4.78, 5) is 6.91. The van der Waals surface area contributed by atoms with E-state index in [1.807, 2.05) is 24.4 Å². The average molecular weight is 275 g/mol. The zero-order valence-electron chi connectivity index (χ0n) is 11.8.